The predicted molar refractivity (Wildman–Crippen MR) is 101 cm³/mol. The van der Waals surface area contributed by atoms with Gasteiger partial charge in [0.05, 0.1) is 6.26 Å². The van der Waals surface area contributed by atoms with Crippen molar-refractivity contribution in [2.75, 3.05) is 50.4 Å². The van der Waals surface area contributed by atoms with E-state index < -0.39 is 10.0 Å². The lowest BCUT2D eigenvalue weighted by Crippen LogP contribution is -2.49. The van der Waals surface area contributed by atoms with Crippen LogP contribution < -0.4 is 4.90 Å². The maximum absolute atomic E-state index is 12.5. The highest BCUT2D eigenvalue weighted by atomic mass is 32.2. The lowest BCUT2D eigenvalue weighted by molar-refractivity contribution is -0.131. The number of aromatic nitrogens is 2. The van der Waals surface area contributed by atoms with Gasteiger partial charge in [0.25, 0.3) is 0 Å². The molecule has 8 nitrogen and oxygen atoms in total. The van der Waals surface area contributed by atoms with Gasteiger partial charge in [-0.05, 0) is 18.4 Å². The van der Waals surface area contributed by atoms with Gasteiger partial charge in [0.2, 0.25) is 21.9 Å². The summed E-state index contributed by atoms with van der Waals surface area (Å²) in [6.07, 6.45) is 5.62. The molecule has 0 atom stereocenters. The van der Waals surface area contributed by atoms with Gasteiger partial charge in [0.15, 0.2) is 0 Å². The summed E-state index contributed by atoms with van der Waals surface area (Å²) in [6, 6.07) is 1.77. The topological polar surface area (TPSA) is 86.7 Å². The molecule has 2 rings (SSSR count). The van der Waals surface area contributed by atoms with Crippen LogP contribution in [0.5, 0.6) is 0 Å². The van der Waals surface area contributed by atoms with E-state index in [2.05, 4.69) is 28.7 Å². The molecule has 1 fully saturated rings. The molecule has 0 saturated carbocycles. The monoisotopic (exact) mass is 383 g/mol. The van der Waals surface area contributed by atoms with Crippen molar-refractivity contribution in [3.05, 3.63) is 18.5 Å². The Kier molecular flexibility index (Phi) is 7.33. The molecule has 0 unspecified atom stereocenters. The standard InChI is InChI=1S/C17H29N5O3S/c1-15(2)5-9-22(26(3,24)25)10-6-16(23)20-11-13-21(14-12-20)17-18-7-4-8-19-17/h4,7-8,15H,5-6,9-14H2,1-3H3. The third-order valence-electron chi connectivity index (χ3n) is 4.47. The third-order valence-corrected chi connectivity index (χ3v) is 5.77. The summed E-state index contributed by atoms with van der Waals surface area (Å²) in [5, 5.41) is 0. The van der Waals surface area contributed by atoms with Gasteiger partial charge in [-0.2, -0.15) is 0 Å². The number of sulfonamides is 1. The molecule has 146 valence electrons. The first-order valence-electron chi connectivity index (χ1n) is 9.02. The van der Waals surface area contributed by atoms with Crippen molar-refractivity contribution in [1.82, 2.24) is 19.2 Å². The van der Waals surface area contributed by atoms with E-state index >= 15 is 0 Å². The number of carbonyl (C=O) groups excluding carboxylic acids is 1. The second kappa shape index (κ2) is 9.27. The number of rotatable bonds is 8. The number of hydrogen-bond acceptors (Lipinski definition) is 6. The number of carbonyl (C=O) groups is 1. The number of hydrogen-bond donors (Lipinski definition) is 0. The minimum absolute atomic E-state index is 0.00294. The fraction of sp³-hybridized carbons (Fsp3) is 0.706. The van der Waals surface area contributed by atoms with Crippen LogP contribution in [0.1, 0.15) is 26.7 Å². The molecule has 1 aromatic rings. The van der Waals surface area contributed by atoms with Crippen LogP contribution >= 0.6 is 0 Å². The summed E-state index contributed by atoms with van der Waals surface area (Å²) >= 11 is 0. The van der Waals surface area contributed by atoms with Gasteiger partial charge in [0.1, 0.15) is 0 Å². The highest BCUT2D eigenvalue weighted by Gasteiger charge is 2.24. The maximum atomic E-state index is 12.5. The Bertz CT molecular complexity index is 673. The predicted octanol–water partition coefficient (Wildman–Crippen LogP) is 0.823. The average molecular weight is 384 g/mol. The lowest BCUT2D eigenvalue weighted by atomic mass is 10.1. The van der Waals surface area contributed by atoms with E-state index in [4.69, 9.17) is 0 Å². The van der Waals surface area contributed by atoms with Crippen LogP contribution in [0, 0.1) is 5.92 Å². The minimum atomic E-state index is -3.29. The fourth-order valence-electron chi connectivity index (χ4n) is 2.83. The van der Waals surface area contributed by atoms with Crippen LogP contribution in [0.15, 0.2) is 18.5 Å². The van der Waals surface area contributed by atoms with E-state index in [9.17, 15) is 13.2 Å². The molecule has 1 saturated heterocycles. The van der Waals surface area contributed by atoms with Crippen molar-refractivity contribution in [1.29, 1.82) is 0 Å². The SMILES string of the molecule is CC(C)CCN(CCC(=O)N1CCN(c2ncccn2)CC1)S(C)(=O)=O. The molecule has 1 aromatic heterocycles. The molecule has 0 spiro atoms. The van der Waals surface area contributed by atoms with Crippen molar-refractivity contribution in [3.8, 4) is 0 Å². The van der Waals surface area contributed by atoms with Gasteiger partial charge in [-0.3, -0.25) is 4.79 Å². The molecule has 26 heavy (non-hydrogen) atoms. The first-order chi connectivity index (χ1) is 12.3. The van der Waals surface area contributed by atoms with Crippen LogP contribution in [0.3, 0.4) is 0 Å². The zero-order valence-corrected chi connectivity index (χ0v) is 16.7. The smallest absolute Gasteiger partial charge is 0.225 e. The van der Waals surface area contributed by atoms with Crippen molar-refractivity contribution in [3.63, 3.8) is 0 Å². The zero-order chi connectivity index (χ0) is 19.2. The third kappa shape index (κ3) is 6.21. The van der Waals surface area contributed by atoms with E-state index in [0.29, 0.717) is 44.6 Å². The lowest BCUT2D eigenvalue weighted by Gasteiger charge is -2.35. The van der Waals surface area contributed by atoms with Crippen LogP contribution in [0.4, 0.5) is 5.95 Å². The Labute approximate surface area is 156 Å². The largest absolute Gasteiger partial charge is 0.339 e. The molecule has 1 amide bonds. The Morgan fingerprint density at radius 2 is 1.77 bits per heavy atom. The number of nitrogens with zero attached hydrogens (tertiary/aromatic N) is 5. The van der Waals surface area contributed by atoms with Crippen molar-refractivity contribution in [2.24, 2.45) is 5.92 Å². The Balaban J connectivity index is 1.82. The molecular weight excluding hydrogens is 354 g/mol. The molecule has 0 N–H and O–H groups in total. The van der Waals surface area contributed by atoms with Crippen LogP contribution in [0.2, 0.25) is 0 Å². The second-order valence-electron chi connectivity index (χ2n) is 7.01. The first-order valence-corrected chi connectivity index (χ1v) is 10.9. The molecule has 0 radical (unpaired) electrons. The summed E-state index contributed by atoms with van der Waals surface area (Å²) in [4.78, 5) is 24.8. The molecule has 0 bridgehead atoms. The summed E-state index contributed by atoms with van der Waals surface area (Å²) in [6.45, 7) is 7.38. The molecular formula is C17H29N5O3S. The van der Waals surface area contributed by atoms with Gasteiger partial charge in [-0.15, -0.1) is 0 Å². The highest BCUT2D eigenvalue weighted by Crippen LogP contribution is 2.12. The van der Waals surface area contributed by atoms with Crippen LogP contribution in [-0.2, 0) is 14.8 Å². The summed E-state index contributed by atoms with van der Waals surface area (Å²) in [5.74, 6) is 1.09. The van der Waals surface area contributed by atoms with Gasteiger partial charge in [0, 0.05) is 58.1 Å². The Morgan fingerprint density at radius 3 is 2.31 bits per heavy atom. The van der Waals surface area contributed by atoms with Gasteiger partial charge < -0.3 is 9.80 Å². The summed E-state index contributed by atoms with van der Waals surface area (Å²) < 4.78 is 25.2. The molecule has 0 aliphatic carbocycles. The highest BCUT2D eigenvalue weighted by molar-refractivity contribution is 7.88. The first kappa shape index (κ1) is 20.6. The van der Waals surface area contributed by atoms with Gasteiger partial charge in [-0.1, -0.05) is 13.8 Å². The zero-order valence-electron chi connectivity index (χ0n) is 15.8. The minimum Gasteiger partial charge on any atom is -0.339 e. The van der Waals surface area contributed by atoms with Gasteiger partial charge >= 0.3 is 0 Å². The Morgan fingerprint density at radius 1 is 1.15 bits per heavy atom. The van der Waals surface area contributed by atoms with E-state index in [0.717, 1.165) is 6.42 Å². The van der Waals surface area contributed by atoms with Crippen molar-refractivity contribution >= 4 is 21.9 Å². The van der Waals surface area contributed by atoms with Crippen LogP contribution in [0.25, 0.3) is 0 Å². The summed E-state index contributed by atoms with van der Waals surface area (Å²) in [7, 11) is -3.29. The van der Waals surface area contributed by atoms with Gasteiger partial charge in [-0.25, -0.2) is 22.7 Å². The quantitative estimate of drug-likeness (QED) is 0.661. The summed E-state index contributed by atoms with van der Waals surface area (Å²) in [5.41, 5.74) is 0. The van der Waals surface area contributed by atoms with E-state index in [-0.39, 0.29) is 18.9 Å². The van der Waals surface area contributed by atoms with Crippen molar-refractivity contribution in [2.45, 2.75) is 26.7 Å². The van der Waals surface area contributed by atoms with Crippen LogP contribution in [-0.4, -0.2) is 79.0 Å². The molecule has 9 heteroatoms. The molecule has 2 heterocycles. The number of piperazine rings is 1. The number of amides is 1. The molecule has 0 aromatic carbocycles. The van der Waals surface area contributed by atoms with E-state index in [1.807, 2.05) is 0 Å². The fourth-order valence-corrected chi connectivity index (χ4v) is 3.69. The normalized spacial score (nSPS) is 15.7. The van der Waals surface area contributed by atoms with E-state index in [1.54, 1.807) is 23.4 Å². The molecule has 1 aliphatic heterocycles. The number of anilines is 1. The average Bonchev–Trinajstić information content (AvgIpc) is 2.61. The maximum Gasteiger partial charge on any atom is 0.225 e. The van der Waals surface area contributed by atoms with Crippen molar-refractivity contribution < 1.29 is 13.2 Å². The second-order valence-corrected chi connectivity index (χ2v) is 8.99. The molecule has 1 aliphatic rings. The Hall–Kier alpha value is -1.74. The van der Waals surface area contributed by atoms with E-state index in [1.165, 1.54) is 10.6 Å².